The fourth-order valence-electron chi connectivity index (χ4n) is 1.68. The zero-order valence-electron chi connectivity index (χ0n) is 11.1. The van der Waals surface area contributed by atoms with Gasteiger partial charge in [-0.15, -0.1) is 0 Å². The molecule has 0 bridgehead atoms. The van der Waals surface area contributed by atoms with E-state index in [-0.39, 0.29) is 16.1 Å². The minimum absolute atomic E-state index is 0.0692. The van der Waals surface area contributed by atoms with Gasteiger partial charge in [-0.1, -0.05) is 0 Å². The molecular formula is C14H13FN2O3S. The summed E-state index contributed by atoms with van der Waals surface area (Å²) in [6, 6.07) is 9.34. The molecule has 110 valence electrons. The Kier molecular flexibility index (Phi) is 3.95. The molecule has 0 aromatic heterocycles. The summed E-state index contributed by atoms with van der Waals surface area (Å²) in [7, 11) is -3.30. The van der Waals surface area contributed by atoms with Crippen molar-refractivity contribution >= 4 is 27.1 Å². The van der Waals surface area contributed by atoms with Gasteiger partial charge in [0.15, 0.2) is 9.84 Å². The number of nitrogens with one attached hydrogen (secondary N) is 1. The number of halogens is 1. The van der Waals surface area contributed by atoms with E-state index < -0.39 is 21.6 Å². The summed E-state index contributed by atoms with van der Waals surface area (Å²) >= 11 is 0. The molecule has 0 aliphatic carbocycles. The molecular weight excluding hydrogens is 295 g/mol. The van der Waals surface area contributed by atoms with Crippen LogP contribution in [0.2, 0.25) is 0 Å². The SMILES string of the molecule is CS(=O)(=O)c1ccc(C(=O)Nc2ccc(F)c(N)c2)cc1. The van der Waals surface area contributed by atoms with Gasteiger partial charge in [0.25, 0.3) is 5.91 Å². The van der Waals surface area contributed by atoms with Crippen LogP contribution in [0.3, 0.4) is 0 Å². The van der Waals surface area contributed by atoms with Crippen LogP contribution < -0.4 is 11.1 Å². The summed E-state index contributed by atoms with van der Waals surface area (Å²) in [5, 5.41) is 2.55. The maximum absolute atomic E-state index is 13.0. The molecule has 0 saturated heterocycles. The summed E-state index contributed by atoms with van der Waals surface area (Å²) in [4.78, 5) is 12.1. The van der Waals surface area contributed by atoms with Crippen molar-refractivity contribution < 1.29 is 17.6 Å². The summed E-state index contributed by atoms with van der Waals surface area (Å²) in [6.07, 6.45) is 1.09. The molecule has 21 heavy (non-hydrogen) atoms. The Labute approximate surface area is 121 Å². The van der Waals surface area contributed by atoms with Gasteiger partial charge in [0.1, 0.15) is 5.82 Å². The summed E-state index contributed by atoms with van der Waals surface area (Å²) in [5.74, 6) is -1.01. The first-order valence-corrected chi connectivity index (χ1v) is 7.83. The molecule has 1 amide bonds. The largest absolute Gasteiger partial charge is 0.396 e. The number of hydrogen-bond donors (Lipinski definition) is 2. The number of rotatable bonds is 3. The molecule has 0 fully saturated rings. The van der Waals surface area contributed by atoms with E-state index in [4.69, 9.17) is 5.73 Å². The van der Waals surface area contributed by atoms with Crippen LogP contribution in [0.1, 0.15) is 10.4 Å². The lowest BCUT2D eigenvalue weighted by Gasteiger charge is -2.07. The predicted molar refractivity (Wildman–Crippen MR) is 78.3 cm³/mol. The van der Waals surface area contributed by atoms with E-state index in [9.17, 15) is 17.6 Å². The van der Waals surface area contributed by atoms with Crippen molar-refractivity contribution in [2.45, 2.75) is 4.90 Å². The average Bonchev–Trinajstić information content (AvgIpc) is 2.42. The van der Waals surface area contributed by atoms with E-state index >= 15 is 0 Å². The number of benzene rings is 2. The smallest absolute Gasteiger partial charge is 0.255 e. The second-order valence-electron chi connectivity index (χ2n) is 4.49. The highest BCUT2D eigenvalue weighted by molar-refractivity contribution is 7.90. The quantitative estimate of drug-likeness (QED) is 0.849. The zero-order chi connectivity index (χ0) is 15.6. The van der Waals surface area contributed by atoms with Crippen LogP contribution in [0.15, 0.2) is 47.4 Å². The van der Waals surface area contributed by atoms with Crippen molar-refractivity contribution in [1.82, 2.24) is 0 Å². The normalized spacial score (nSPS) is 11.1. The van der Waals surface area contributed by atoms with E-state index in [0.29, 0.717) is 5.69 Å². The van der Waals surface area contributed by atoms with Crippen molar-refractivity contribution in [2.75, 3.05) is 17.3 Å². The van der Waals surface area contributed by atoms with Crippen LogP contribution >= 0.6 is 0 Å². The van der Waals surface area contributed by atoms with Gasteiger partial charge in [-0.25, -0.2) is 12.8 Å². The van der Waals surface area contributed by atoms with Crippen LogP contribution in [-0.2, 0) is 9.84 Å². The fraction of sp³-hybridized carbons (Fsp3) is 0.0714. The van der Waals surface area contributed by atoms with Gasteiger partial charge in [-0.2, -0.15) is 0 Å². The predicted octanol–water partition coefficient (Wildman–Crippen LogP) is 2.06. The first kappa shape index (κ1) is 15.0. The van der Waals surface area contributed by atoms with Crippen LogP contribution in [0.4, 0.5) is 15.8 Å². The van der Waals surface area contributed by atoms with Gasteiger partial charge in [0, 0.05) is 17.5 Å². The van der Waals surface area contributed by atoms with Crippen LogP contribution in [-0.4, -0.2) is 20.6 Å². The highest BCUT2D eigenvalue weighted by Gasteiger charge is 2.10. The Balaban J connectivity index is 2.18. The molecule has 7 heteroatoms. The summed E-state index contributed by atoms with van der Waals surface area (Å²) < 4.78 is 35.7. The highest BCUT2D eigenvalue weighted by Crippen LogP contribution is 2.17. The molecule has 0 aliphatic rings. The summed E-state index contributed by atoms with van der Waals surface area (Å²) in [5.41, 5.74) is 5.98. The number of carbonyl (C=O) groups is 1. The van der Waals surface area contributed by atoms with E-state index in [1.165, 1.54) is 36.4 Å². The van der Waals surface area contributed by atoms with Gasteiger partial charge < -0.3 is 11.1 Å². The van der Waals surface area contributed by atoms with Crippen molar-refractivity contribution in [3.8, 4) is 0 Å². The maximum atomic E-state index is 13.0. The lowest BCUT2D eigenvalue weighted by atomic mass is 10.2. The number of anilines is 2. The van der Waals surface area contributed by atoms with Crippen molar-refractivity contribution in [1.29, 1.82) is 0 Å². The second kappa shape index (κ2) is 5.53. The van der Waals surface area contributed by atoms with E-state index in [0.717, 1.165) is 12.3 Å². The van der Waals surface area contributed by atoms with Crippen LogP contribution in [0, 0.1) is 5.82 Å². The topological polar surface area (TPSA) is 89.3 Å². The highest BCUT2D eigenvalue weighted by atomic mass is 32.2. The number of nitrogen functional groups attached to an aromatic ring is 1. The Morgan fingerprint density at radius 1 is 1.14 bits per heavy atom. The lowest BCUT2D eigenvalue weighted by molar-refractivity contribution is 0.102. The molecule has 0 spiro atoms. The molecule has 0 atom stereocenters. The molecule has 0 radical (unpaired) electrons. The Morgan fingerprint density at radius 2 is 1.76 bits per heavy atom. The molecule has 0 heterocycles. The molecule has 0 aliphatic heterocycles. The number of amides is 1. The van der Waals surface area contributed by atoms with Gasteiger partial charge in [0.05, 0.1) is 10.6 Å². The third-order valence-corrected chi connectivity index (χ3v) is 3.93. The number of hydrogen-bond acceptors (Lipinski definition) is 4. The van der Waals surface area contributed by atoms with Gasteiger partial charge >= 0.3 is 0 Å². The minimum Gasteiger partial charge on any atom is -0.396 e. The number of sulfone groups is 1. The van der Waals surface area contributed by atoms with Gasteiger partial charge in [0.2, 0.25) is 0 Å². The first-order chi connectivity index (χ1) is 9.77. The van der Waals surface area contributed by atoms with Crippen molar-refractivity contribution in [3.05, 3.63) is 53.8 Å². The second-order valence-corrected chi connectivity index (χ2v) is 6.50. The minimum atomic E-state index is -3.30. The van der Waals surface area contributed by atoms with Gasteiger partial charge in [-0.3, -0.25) is 4.79 Å². The third kappa shape index (κ3) is 3.57. The molecule has 0 unspecified atom stereocenters. The Morgan fingerprint density at radius 3 is 2.29 bits per heavy atom. The molecule has 2 aromatic rings. The fourth-order valence-corrected chi connectivity index (χ4v) is 2.31. The average molecular weight is 308 g/mol. The molecule has 0 saturated carbocycles. The monoisotopic (exact) mass is 308 g/mol. The Bertz CT molecular complexity index is 786. The van der Waals surface area contributed by atoms with E-state index in [2.05, 4.69) is 5.32 Å². The number of nitrogens with two attached hydrogens (primary N) is 1. The molecule has 5 nitrogen and oxygen atoms in total. The van der Waals surface area contributed by atoms with E-state index in [1.54, 1.807) is 0 Å². The Hall–Kier alpha value is -2.41. The summed E-state index contributed by atoms with van der Waals surface area (Å²) in [6.45, 7) is 0. The first-order valence-electron chi connectivity index (χ1n) is 5.94. The lowest BCUT2D eigenvalue weighted by Crippen LogP contribution is -2.12. The maximum Gasteiger partial charge on any atom is 0.255 e. The molecule has 2 rings (SSSR count). The molecule has 2 aromatic carbocycles. The zero-order valence-corrected chi connectivity index (χ0v) is 11.9. The van der Waals surface area contributed by atoms with E-state index in [1.807, 2.05) is 0 Å². The van der Waals surface area contributed by atoms with Crippen molar-refractivity contribution in [3.63, 3.8) is 0 Å². The number of carbonyl (C=O) groups excluding carboxylic acids is 1. The molecule has 3 N–H and O–H groups in total. The van der Waals surface area contributed by atoms with Crippen LogP contribution in [0.25, 0.3) is 0 Å². The standard InChI is InChI=1S/C14H13FN2O3S/c1-21(19,20)11-5-2-9(3-6-11)14(18)17-10-4-7-12(15)13(16)8-10/h2-8H,16H2,1H3,(H,17,18). The van der Waals surface area contributed by atoms with Crippen LogP contribution in [0.5, 0.6) is 0 Å². The third-order valence-electron chi connectivity index (χ3n) is 2.80. The van der Waals surface area contributed by atoms with Gasteiger partial charge in [-0.05, 0) is 42.5 Å². The van der Waals surface area contributed by atoms with Crippen molar-refractivity contribution in [2.24, 2.45) is 0 Å².